The second kappa shape index (κ2) is 6.03. The molecule has 2 rings (SSSR count). The van der Waals surface area contributed by atoms with Gasteiger partial charge in [-0.1, -0.05) is 15.9 Å². The molecule has 0 radical (unpaired) electrons. The highest BCUT2D eigenvalue weighted by Gasteiger charge is 2.13. The Morgan fingerprint density at radius 1 is 1.42 bits per heavy atom. The number of halogens is 1. The summed E-state index contributed by atoms with van der Waals surface area (Å²) in [5, 5.41) is 9.57. The summed E-state index contributed by atoms with van der Waals surface area (Å²) in [6, 6.07) is 6.56. The molecule has 0 aliphatic heterocycles. The molecule has 7 heteroatoms. The molecular weight excluding hydrogens is 332 g/mol. The van der Waals surface area contributed by atoms with Crippen molar-refractivity contribution in [1.29, 1.82) is 0 Å². The van der Waals surface area contributed by atoms with Crippen LogP contribution in [0.4, 0.5) is 0 Å². The molecule has 19 heavy (non-hydrogen) atoms. The van der Waals surface area contributed by atoms with Crippen LogP contribution in [-0.2, 0) is 0 Å². The van der Waals surface area contributed by atoms with E-state index in [2.05, 4.69) is 25.9 Å². The number of methoxy groups -OCH3 is 1. The van der Waals surface area contributed by atoms with Crippen LogP contribution in [0, 0.1) is 0 Å². The maximum atomic E-state index is 11.2. The van der Waals surface area contributed by atoms with Crippen LogP contribution in [0.3, 0.4) is 0 Å². The molecule has 2 aromatic rings. The maximum Gasteiger partial charge on any atom is 0.336 e. The number of hydrogen-bond donors (Lipinski definition) is 1. The van der Waals surface area contributed by atoms with Gasteiger partial charge in [0.2, 0.25) is 5.88 Å². The van der Waals surface area contributed by atoms with Crippen molar-refractivity contribution in [2.24, 2.45) is 0 Å². The third-order valence-electron chi connectivity index (χ3n) is 2.19. The fourth-order valence-electron chi connectivity index (χ4n) is 1.34. The molecule has 0 atom stereocenters. The maximum absolute atomic E-state index is 11.2. The van der Waals surface area contributed by atoms with Gasteiger partial charge in [0.25, 0.3) is 0 Å². The minimum absolute atomic E-state index is 0.208. The number of carboxylic acids is 1. The molecule has 0 fully saturated rings. The van der Waals surface area contributed by atoms with Crippen LogP contribution in [0.15, 0.2) is 45.0 Å². The van der Waals surface area contributed by atoms with Gasteiger partial charge in [-0.05, 0) is 30.0 Å². The number of ether oxygens (including phenoxy) is 1. The van der Waals surface area contributed by atoms with Crippen LogP contribution in [0.5, 0.6) is 5.88 Å². The largest absolute Gasteiger partial charge is 0.481 e. The normalized spacial score (nSPS) is 10.2. The summed E-state index contributed by atoms with van der Waals surface area (Å²) >= 11 is 4.49. The average molecular weight is 341 g/mol. The Kier molecular flexibility index (Phi) is 4.39. The van der Waals surface area contributed by atoms with E-state index >= 15 is 0 Å². The molecule has 0 bridgehead atoms. The minimum Gasteiger partial charge on any atom is -0.481 e. The fourth-order valence-corrected chi connectivity index (χ4v) is 2.75. The Bertz CT molecular complexity index is 622. The Morgan fingerprint density at radius 2 is 2.21 bits per heavy atom. The van der Waals surface area contributed by atoms with E-state index in [0.29, 0.717) is 15.9 Å². The van der Waals surface area contributed by atoms with Crippen LogP contribution < -0.4 is 4.74 Å². The van der Waals surface area contributed by atoms with Crippen molar-refractivity contribution in [2.75, 3.05) is 7.11 Å². The molecule has 0 spiro atoms. The number of nitrogens with zero attached hydrogens (tertiary/aromatic N) is 2. The van der Waals surface area contributed by atoms with Gasteiger partial charge >= 0.3 is 5.97 Å². The van der Waals surface area contributed by atoms with Gasteiger partial charge in [0.05, 0.1) is 12.7 Å². The lowest BCUT2D eigenvalue weighted by Crippen LogP contribution is -1.99. The van der Waals surface area contributed by atoms with Gasteiger partial charge in [-0.25, -0.2) is 9.78 Å². The van der Waals surface area contributed by atoms with Crippen molar-refractivity contribution in [1.82, 2.24) is 9.97 Å². The predicted octanol–water partition coefficient (Wildman–Crippen LogP) is 3.10. The first-order valence-corrected chi connectivity index (χ1v) is 6.79. The molecular formula is C12H9BrN2O3S. The third kappa shape index (κ3) is 3.45. The smallest absolute Gasteiger partial charge is 0.336 e. The van der Waals surface area contributed by atoms with E-state index in [-0.39, 0.29) is 5.56 Å². The van der Waals surface area contributed by atoms with Crippen molar-refractivity contribution < 1.29 is 14.6 Å². The number of carboxylic acid groups (broad SMARTS) is 1. The second-order valence-electron chi connectivity index (χ2n) is 3.43. The van der Waals surface area contributed by atoms with Gasteiger partial charge in [-0.2, -0.15) is 4.98 Å². The van der Waals surface area contributed by atoms with Crippen LogP contribution >= 0.6 is 27.7 Å². The lowest BCUT2D eigenvalue weighted by molar-refractivity contribution is 0.0693. The van der Waals surface area contributed by atoms with E-state index in [1.807, 2.05) is 0 Å². The molecule has 5 nitrogen and oxygen atoms in total. The van der Waals surface area contributed by atoms with Gasteiger partial charge in [0.15, 0.2) is 5.16 Å². The number of carbonyl (C=O) groups is 1. The van der Waals surface area contributed by atoms with Crippen molar-refractivity contribution in [3.05, 3.63) is 40.5 Å². The Labute approximate surface area is 122 Å². The van der Waals surface area contributed by atoms with Crippen molar-refractivity contribution in [2.45, 2.75) is 10.1 Å². The number of rotatable bonds is 4. The van der Waals surface area contributed by atoms with Gasteiger partial charge < -0.3 is 9.84 Å². The zero-order valence-corrected chi connectivity index (χ0v) is 12.2. The summed E-state index contributed by atoms with van der Waals surface area (Å²) in [6.45, 7) is 0. The topological polar surface area (TPSA) is 72.3 Å². The Balaban J connectivity index is 2.36. The van der Waals surface area contributed by atoms with E-state index < -0.39 is 5.97 Å². The summed E-state index contributed by atoms with van der Waals surface area (Å²) < 4.78 is 5.80. The van der Waals surface area contributed by atoms with E-state index in [1.165, 1.54) is 24.9 Å². The van der Waals surface area contributed by atoms with Crippen LogP contribution in [-0.4, -0.2) is 28.2 Å². The van der Waals surface area contributed by atoms with E-state index in [1.54, 1.807) is 24.4 Å². The molecule has 98 valence electrons. The summed E-state index contributed by atoms with van der Waals surface area (Å²) in [5.74, 6) is -0.553. The molecule has 1 heterocycles. The molecule has 1 N–H and O–H groups in total. The first-order chi connectivity index (χ1) is 9.10. The quantitative estimate of drug-likeness (QED) is 0.862. The molecule has 0 amide bonds. The van der Waals surface area contributed by atoms with Gasteiger partial charge in [0, 0.05) is 21.6 Å². The van der Waals surface area contributed by atoms with Crippen molar-refractivity contribution >= 4 is 33.7 Å². The zero-order chi connectivity index (χ0) is 13.8. The first kappa shape index (κ1) is 13.8. The average Bonchev–Trinajstić information content (AvgIpc) is 2.38. The van der Waals surface area contributed by atoms with Crippen LogP contribution in [0.25, 0.3) is 0 Å². The summed E-state index contributed by atoms with van der Waals surface area (Å²) in [4.78, 5) is 19.9. The lowest BCUT2D eigenvalue weighted by Gasteiger charge is -2.06. The summed E-state index contributed by atoms with van der Waals surface area (Å²) in [6.07, 6.45) is 1.56. The monoisotopic (exact) mass is 340 g/mol. The zero-order valence-electron chi connectivity index (χ0n) is 9.83. The van der Waals surface area contributed by atoms with E-state index in [4.69, 9.17) is 9.84 Å². The Hall–Kier alpha value is -1.60. The highest BCUT2D eigenvalue weighted by atomic mass is 79.9. The van der Waals surface area contributed by atoms with Crippen LogP contribution in [0.2, 0.25) is 0 Å². The summed E-state index contributed by atoms with van der Waals surface area (Å²) in [5.41, 5.74) is 0.208. The number of benzene rings is 1. The molecule has 1 aromatic carbocycles. The number of aromatic nitrogens is 2. The van der Waals surface area contributed by atoms with Gasteiger partial charge in [-0.15, -0.1) is 0 Å². The number of aromatic carboxylic acids is 1. The predicted molar refractivity (Wildman–Crippen MR) is 73.8 cm³/mol. The van der Waals surface area contributed by atoms with Crippen LogP contribution in [0.1, 0.15) is 10.4 Å². The number of hydrogen-bond acceptors (Lipinski definition) is 5. The Morgan fingerprint density at radius 3 is 2.89 bits per heavy atom. The molecule has 0 unspecified atom stereocenters. The molecule has 0 aliphatic rings. The van der Waals surface area contributed by atoms with Gasteiger partial charge in [-0.3, -0.25) is 0 Å². The lowest BCUT2D eigenvalue weighted by atomic mass is 10.2. The van der Waals surface area contributed by atoms with Gasteiger partial charge in [0.1, 0.15) is 0 Å². The fraction of sp³-hybridized carbons (Fsp3) is 0.0833. The molecule has 0 saturated heterocycles. The summed E-state index contributed by atoms with van der Waals surface area (Å²) in [7, 11) is 1.51. The third-order valence-corrected chi connectivity index (χ3v) is 3.62. The van der Waals surface area contributed by atoms with E-state index in [9.17, 15) is 4.79 Å². The first-order valence-electron chi connectivity index (χ1n) is 5.18. The van der Waals surface area contributed by atoms with Crippen molar-refractivity contribution in [3.63, 3.8) is 0 Å². The highest BCUT2D eigenvalue weighted by molar-refractivity contribution is 9.10. The van der Waals surface area contributed by atoms with E-state index in [0.717, 1.165) is 4.47 Å². The standard InChI is InChI=1S/C12H9BrN2O3S/c1-18-10-4-5-14-12(15-10)19-9-6-7(13)2-3-8(9)11(16)17/h2-6H,1H3,(H,16,17). The molecule has 1 aromatic heterocycles. The minimum atomic E-state index is -0.988. The second-order valence-corrected chi connectivity index (χ2v) is 5.35. The SMILES string of the molecule is COc1ccnc(Sc2cc(Br)ccc2C(=O)O)n1. The molecule has 0 aliphatic carbocycles. The highest BCUT2D eigenvalue weighted by Crippen LogP contribution is 2.31. The molecule has 0 saturated carbocycles. The van der Waals surface area contributed by atoms with Crippen molar-refractivity contribution in [3.8, 4) is 5.88 Å².